The zero-order valence-electron chi connectivity index (χ0n) is 18.3. The number of benzene rings is 3. The first-order valence-electron chi connectivity index (χ1n) is 10.1. The highest BCUT2D eigenvalue weighted by atomic mass is 16.2. The zero-order valence-corrected chi connectivity index (χ0v) is 18.3. The quantitative estimate of drug-likeness (QED) is 0.569. The number of fused-ring (bicyclic) bond motifs is 1. The van der Waals surface area contributed by atoms with E-state index in [-0.39, 0.29) is 17.4 Å². The number of imide groups is 1. The topological polar surface area (TPSA) is 57.7 Å². The summed E-state index contributed by atoms with van der Waals surface area (Å²) in [6, 6.07) is 16.3. The molecule has 0 radical (unpaired) electrons. The minimum absolute atomic E-state index is 0.234. The van der Waals surface area contributed by atoms with Crippen LogP contribution < -0.4 is 9.80 Å². The van der Waals surface area contributed by atoms with Gasteiger partial charge in [-0.3, -0.25) is 14.4 Å². The second kappa shape index (κ2) is 7.51. The Hall–Kier alpha value is -3.73. The second-order valence-electron chi connectivity index (χ2n) is 8.15. The number of aryl methyl sites for hydroxylation is 4. The van der Waals surface area contributed by atoms with Crippen molar-refractivity contribution in [1.82, 2.24) is 0 Å². The number of carbonyl (C=O) groups is 3. The molecule has 31 heavy (non-hydrogen) atoms. The molecular formula is C26H24N2O3. The molecule has 0 aliphatic carbocycles. The standard InChI is InChI=1S/C26H24N2O3/c1-15-6-8-17(3)22(12-15)27(5)24(29)19-10-11-20-21(14-19)26(31)28(25(20)30)23-13-16(2)7-9-18(23)4/h6-14H,1-5H3. The Labute approximate surface area is 181 Å². The molecule has 1 heterocycles. The zero-order chi connectivity index (χ0) is 22.4. The molecule has 0 bridgehead atoms. The maximum Gasteiger partial charge on any atom is 0.266 e. The van der Waals surface area contributed by atoms with Gasteiger partial charge in [-0.15, -0.1) is 0 Å². The van der Waals surface area contributed by atoms with Crippen molar-refractivity contribution >= 4 is 29.1 Å². The number of carbonyl (C=O) groups excluding carboxylic acids is 3. The summed E-state index contributed by atoms with van der Waals surface area (Å²) in [6.45, 7) is 7.71. The molecule has 0 saturated carbocycles. The molecule has 3 amide bonds. The summed E-state index contributed by atoms with van der Waals surface area (Å²) in [6.07, 6.45) is 0. The van der Waals surface area contributed by atoms with Crippen LogP contribution in [0.2, 0.25) is 0 Å². The summed E-state index contributed by atoms with van der Waals surface area (Å²) < 4.78 is 0. The molecule has 3 aromatic rings. The van der Waals surface area contributed by atoms with Gasteiger partial charge in [0.15, 0.2) is 0 Å². The molecule has 0 saturated heterocycles. The van der Waals surface area contributed by atoms with Crippen molar-refractivity contribution in [3.63, 3.8) is 0 Å². The third kappa shape index (κ3) is 3.42. The van der Waals surface area contributed by atoms with Crippen molar-refractivity contribution < 1.29 is 14.4 Å². The van der Waals surface area contributed by atoms with E-state index in [2.05, 4.69) is 0 Å². The molecule has 0 aromatic heterocycles. The van der Waals surface area contributed by atoms with E-state index in [9.17, 15) is 14.4 Å². The van der Waals surface area contributed by atoms with Crippen LogP contribution in [0.5, 0.6) is 0 Å². The highest BCUT2D eigenvalue weighted by Gasteiger charge is 2.38. The Morgan fingerprint density at radius 3 is 2.06 bits per heavy atom. The third-order valence-corrected chi connectivity index (χ3v) is 5.77. The van der Waals surface area contributed by atoms with E-state index in [1.165, 1.54) is 11.0 Å². The van der Waals surface area contributed by atoms with Crippen LogP contribution in [0, 0.1) is 27.7 Å². The maximum atomic E-state index is 13.2. The average molecular weight is 412 g/mol. The van der Waals surface area contributed by atoms with Crippen LogP contribution in [0.3, 0.4) is 0 Å². The number of rotatable bonds is 3. The second-order valence-corrected chi connectivity index (χ2v) is 8.15. The fourth-order valence-electron chi connectivity index (χ4n) is 3.94. The first kappa shape index (κ1) is 20.5. The fourth-order valence-corrected chi connectivity index (χ4v) is 3.94. The van der Waals surface area contributed by atoms with Crippen LogP contribution in [0.4, 0.5) is 11.4 Å². The van der Waals surface area contributed by atoms with Crippen molar-refractivity contribution in [3.05, 3.63) is 93.5 Å². The van der Waals surface area contributed by atoms with Crippen molar-refractivity contribution in [2.45, 2.75) is 27.7 Å². The molecule has 0 fully saturated rings. The van der Waals surface area contributed by atoms with E-state index < -0.39 is 5.91 Å². The van der Waals surface area contributed by atoms with Gasteiger partial charge in [-0.1, -0.05) is 24.3 Å². The molecule has 156 valence electrons. The predicted molar refractivity (Wildman–Crippen MR) is 122 cm³/mol. The molecule has 0 spiro atoms. The van der Waals surface area contributed by atoms with Crippen molar-refractivity contribution in [3.8, 4) is 0 Å². The van der Waals surface area contributed by atoms with Gasteiger partial charge in [-0.25, -0.2) is 4.90 Å². The molecule has 4 rings (SSSR count). The van der Waals surface area contributed by atoms with Crippen LogP contribution in [-0.4, -0.2) is 24.8 Å². The molecular weight excluding hydrogens is 388 g/mol. The van der Waals surface area contributed by atoms with Crippen molar-refractivity contribution in [2.24, 2.45) is 0 Å². The lowest BCUT2D eigenvalue weighted by Crippen LogP contribution is -2.30. The van der Waals surface area contributed by atoms with Crippen molar-refractivity contribution in [2.75, 3.05) is 16.8 Å². The van der Waals surface area contributed by atoms with Gasteiger partial charge >= 0.3 is 0 Å². The van der Waals surface area contributed by atoms with Crippen LogP contribution in [-0.2, 0) is 0 Å². The summed E-state index contributed by atoms with van der Waals surface area (Å²) >= 11 is 0. The summed E-state index contributed by atoms with van der Waals surface area (Å²) in [7, 11) is 1.71. The fraction of sp³-hybridized carbons (Fsp3) is 0.192. The normalized spacial score (nSPS) is 12.9. The van der Waals surface area contributed by atoms with Crippen LogP contribution in [0.1, 0.15) is 53.3 Å². The van der Waals surface area contributed by atoms with Gasteiger partial charge in [0.25, 0.3) is 17.7 Å². The SMILES string of the molecule is Cc1ccc(C)c(N(C)C(=O)c2ccc3c(c2)C(=O)N(c2cc(C)ccc2C)C3=O)c1. The first-order chi connectivity index (χ1) is 14.7. The summed E-state index contributed by atoms with van der Waals surface area (Å²) in [5, 5.41) is 0. The molecule has 3 aromatic carbocycles. The van der Waals surface area contributed by atoms with Crippen LogP contribution in [0.25, 0.3) is 0 Å². The summed E-state index contributed by atoms with van der Waals surface area (Å²) in [4.78, 5) is 42.1. The van der Waals surface area contributed by atoms with Gasteiger partial charge in [0.1, 0.15) is 0 Å². The Bertz CT molecular complexity index is 1260. The van der Waals surface area contributed by atoms with E-state index in [0.717, 1.165) is 27.9 Å². The Morgan fingerprint density at radius 2 is 1.35 bits per heavy atom. The lowest BCUT2D eigenvalue weighted by Gasteiger charge is -2.20. The van der Waals surface area contributed by atoms with Gasteiger partial charge in [-0.05, 0) is 80.3 Å². The highest BCUT2D eigenvalue weighted by Crippen LogP contribution is 2.32. The lowest BCUT2D eigenvalue weighted by atomic mass is 10.0. The Kier molecular flexibility index (Phi) is 4.97. The smallest absolute Gasteiger partial charge is 0.266 e. The minimum atomic E-state index is -0.405. The Morgan fingerprint density at radius 1 is 0.742 bits per heavy atom. The van der Waals surface area contributed by atoms with E-state index in [4.69, 9.17) is 0 Å². The number of hydrogen-bond donors (Lipinski definition) is 0. The molecule has 0 unspecified atom stereocenters. The van der Waals surface area contributed by atoms with E-state index in [1.807, 2.05) is 64.1 Å². The molecule has 5 heteroatoms. The molecule has 1 aliphatic heterocycles. The largest absolute Gasteiger partial charge is 0.311 e. The van der Waals surface area contributed by atoms with Gasteiger partial charge in [0.05, 0.1) is 16.8 Å². The Balaban J connectivity index is 1.71. The monoisotopic (exact) mass is 412 g/mol. The van der Waals surface area contributed by atoms with E-state index >= 15 is 0 Å². The number of nitrogens with zero attached hydrogens (tertiary/aromatic N) is 2. The third-order valence-electron chi connectivity index (χ3n) is 5.77. The lowest BCUT2D eigenvalue weighted by molar-refractivity contribution is 0.0925. The highest BCUT2D eigenvalue weighted by molar-refractivity contribution is 6.35. The predicted octanol–water partition coefficient (Wildman–Crippen LogP) is 5.00. The van der Waals surface area contributed by atoms with Gasteiger partial charge in [0, 0.05) is 18.3 Å². The van der Waals surface area contributed by atoms with Crippen molar-refractivity contribution in [1.29, 1.82) is 0 Å². The van der Waals surface area contributed by atoms with E-state index in [0.29, 0.717) is 16.8 Å². The molecule has 0 atom stereocenters. The number of anilines is 2. The molecule has 5 nitrogen and oxygen atoms in total. The van der Waals surface area contributed by atoms with Gasteiger partial charge in [-0.2, -0.15) is 0 Å². The average Bonchev–Trinajstić information content (AvgIpc) is 3.00. The molecule has 1 aliphatic rings. The van der Waals surface area contributed by atoms with Crippen LogP contribution >= 0.6 is 0 Å². The summed E-state index contributed by atoms with van der Waals surface area (Å²) in [5.74, 6) is -1.00. The first-order valence-corrected chi connectivity index (χ1v) is 10.1. The number of amides is 3. The van der Waals surface area contributed by atoms with E-state index in [1.54, 1.807) is 24.1 Å². The minimum Gasteiger partial charge on any atom is -0.311 e. The molecule has 0 N–H and O–H groups in total. The van der Waals surface area contributed by atoms with Gasteiger partial charge in [0.2, 0.25) is 0 Å². The number of hydrogen-bond acceptors (Lipinski definition) is 3. The summed E-state index contributed by atoms with van der Waals surface area (Å²) in [5.41, 5.74) is 6.16. The van der Waals surface area contributed by atoms with Gasteiger partial charge < -0.3 is 4.90 Å². The van der Waals surface area contributed by atoms with Crippen LogP contribution in [0.15, 0.2) is 54.6 Å². The maximum absolute atomic E-state index is 13.2.